The Bertz CT molecular complexity index is 1150. The lowest BCUT2D eigenvalue weighted by molar-refractivity contribution is 0.0613. The van der Waals surface area contributed by atoms with Crippen LogP contribution in [0.4, 0.5) is 17.3 Å². The quantitative estimate of drug-likeness (QED) is 0.701. The fourth-order valence-electron chi connectivity index (χ4n) is 4.99. The summed E-state index contributed by atoms with van der Waals surface area (Å²) >= 11 is 0. The number of anilines is 3. The predicted octanol–water partition coefficient (Wildman–Crippen LogP) is 1.03. The van der Waals surface area contributed by atoms with Crippen molar-refractivity contribution in [2.45, 2.75) is 25.5 Å². The number of aryl methyl sites for hydroxylation is 1. The van der Waals surface area contributed by atoms with Gasteiger partial charge in [0.05, 0.1) is 22.8 Å². The summed E-state index contributed by atoms with van der Waals surface area (Å²) in [5, 5.41) is 6.84. The van der Waals surface area contributed by atoms with E-state index in [1.54, 1.807) is 6.33 Å². The zero-order chi connectivity index (χ0) is 21.9. The molecule has 0 atom stereocenters. The highest BCUT2D eigenvalue weighted by atomic mass is 32.2. The molecule has 9 nitrogen and oxygen atoms in total. The Hall–Kier alpha value is -2.43. The van der Waals surface area contributed by atoms with Gasteiger partial charge in [0.15, 0.2) is 9.84 Å². The molecule has 32 heavy (non-hydrogen) atoms. The Labute approximate surface area is 188 Å². The fraction of sp³-hybridized carbons (Fsp3) is 0.545. The van der Waals surface area contributed by atoms with Crippen LogP contribution in [0.5, 0.6) is 5.75 Å². The van der Waals surface area contributed by atoms with Crippen molar-refractivity contribution in [3.05, 3.63) is 35.2 Å². The van der Waals surface area contributed by atoms with E-state index in [-0.39, 0.29) is 11.5 Å². The van der Waals surface area contributed by atoms with E-state index in [0.717, 1.165) is 60.4 Å². The maximum atomic E-state index is 11.8. The van der Waals surface area contributed by atoms with Gasteiger partial charge in [-0.25, -0.2) is 18.4 Å². The Morgan fingerprint density at radius 3 is 2.62 bits per heavy atom. The molecule has 0 saturated carbocycles. The highest BCUT2D eigenvalue weighted by molar-refractivity contribution is 7.91. The molecule has 3 saturated heterocycles. The van der Waals surface area contributed by atoms with Crippen LogP contribution < -0.4 is 20.3 Å². The SMILES string of the molecule is Cc1cc(C2CN(C3CNC3)C2)cc2c1OCc1c(ncnc1N1CCS(=O)(=O)CC1)N2. The highest BCUT2D eigenvalue weighted by Crippen LogP contribution is 2.41. The molecule has 5 heterocycles. The minimum absolute atomic E-state index is 0.151. The van der Waals surface area contributed by atoms with Crippen LogP contribution in [-0.4, -0.2) is 80.1 Å². The van der Waals surface area contributed by atoms with Gasteiger partial charge in [0, 0.05) is 51.2 Å². The van der Waals surface area contributed by atoms with Crippen LogP contribution in [0.25, 0.3) is 0 Å². The lowest BCUT2D eigenvalue weighted by atomic mass is 9.87. The largest absolute Gasteiger partial charge is 0.486 e. The number of fused-ring (bicyclic) bond motifs is 2. The summed E-state index contributed by atoms with van der Waals surface area (Å²) in [7, 11) is -2.96. The van der Waals surface area contributed by atoms with E-state index in [0.29, 0.717) is 31.7 Å². The van der Waals surface area contributed by atoms with Gasteiger partial charge in [-0.2, -0.15) is 0 Å². The first-order valence-corrected chi connectivity index (χ1v) is 13.1. The molecular formula is C22H28N6O3S. The van der Waals surface area contributed by atoms with Crippen LogP contribution in [0.1, 0.15) is 22.6 Å². The van der Waals surface area contributed by atoms with Crippen molar-refractivity contribution in [1.29, 1.82) is 0 Å². The van der Waals surface area contributed by atoms with Gasteiger partial charge < -0.3 is 20.3 Å². The second-order valence-corrected chi connectivity index (χ2v) is 11.6. The molecule has 170 valence electrons. The van der Waals surface area contributed by atoms with E-state index in [4.69, 9.17) is 4.74 Å². The van der Waals surface area contributed by atoms with Gasteiger partial charge in [-0.15, -0.1) is 0 Å². The van der Waals surface area contributed by atoms with Gasteiger partial charge in [0.25, 0.3) is 0 Å². The standard InChI is InChI=1S/C22H28N6O3S/c1-14-6-15(16-10-28(11-16)17-8-23-9-17)7-19-20(14)31-12-18-21(26-19)24-13-25-22(18)27-2-4-32(29,30)5-3-27/h6-7,13,16-17,23H,2-5,8-12H2,1H3,(H,24,25,26). The van der Waals surface area contributed by atoms with Gasteiger partial charge in [-0.3, -0.25) is 4.90 Å². The number of benzene rings is 1. The number of hydrogen-bond donors (Lipinski definition) is 2. The van der Waals surface area contributed by atoms with Gasteiger partial charge in [0.1, 0.15) is 30.3 Å². The number of hydrogen-bond acceptors (Lipinski definition) is 9. The van der Waals surface area contributed by atoms with Crippen LogP contribution in [-0.2, 0) is 16.4 Å². The first-order valence-electron chi connectivity index (χ1n) is 11.3. The van der Waals surface area contributed by atoms with Crippen molar-refractivity contribution in [2.75, 3.05) is 61.0 Å². The Balaban J connectivity index is 1.26. The highest BCUT2D eigenvalue weighted by Gasteiger charge is 2.36. The molecule has 10 heteroatoms. The van der Waals surface area contributed by atoms with Crippen molar-refractivity contribution in [1.82, 2.24) is 20.2 Å². The summed E-state index contributed by atoms with van der Waals surface area (Å²) in [6, 6.07) is 5.15. The molecule has 0 amide bonds. The Kier molecular flexibility index (Phi) is 4.78. The number of likely N-dealkylation sites (tertiary alicyclic amines) is 1. The second kappa shape index (κ2) is 7.57. The van der Waals surface area contributed by atoms with E-state index in [2.05, 4.69) is 44.6 Å². The van der Waals surface area contributed by atoms with E-state index in [9.17, 15) is 8.42 Å². The van der Waals surface area contributed by atoms with Crippen LogP contribution in [0, 0.1) is 6.92 Å². The van der Waals surface area contributed by atoms with Gasteiger partial charge in [-0.05, 0) is 24.1 Å². The van der Waals surface area contributed by atoms with Crippen molar-refractivity contribution >= 4 is 27.2 Å². The van der Waals surface area contributed by atoms with Gasteiger partial charge in [0.2, 0.25) is 0 Å². The molecule has 0 spiro atoms. The molecule has 0 aliphatic carbocycles. The molecular weight excluding hydrogens is 428 g/mol. The van der Waals surface area contributed by atoms with Crippen LogP contribution in [0.15, 0.2) is 18.5 Å². The van der Waals surface area contributed by atoms with Crippen molar-refractivity contribution in [3.8, 4) is 5.75 Å². The normalized spacial score (nSPS) is 23.1. The minimum Gasteiger partial charge on any atom is -0.486 e. The molecule has 1 aromatic carbocycles. The first-order chi connectivity index (χ1) is 15.5. The summed E-state index contributed by atoms with van der Waals surface area (Å²) in [6.07, 6.45) is 1.54. The summed E-state index contributed by atoms with van der Waals surface area (Å²) < 4.78 is 29.9. The van der Waals surface area contributed by atoms with Crippen molar-refractivity contribution in [3.63, 3.8) is 0 Å². The van der Waals surface area contributed by atoms with Crippen LogP contribution >= 0.6 is 0 Å². The number of aromatic nitrogens is 2. The molecule has 0 bridgehead atoms. The maximum absolute atomic E-state index is 11.8. The lowest BCUT2D eigenvalue weighted by Gasteiger charge is -2.48. The minimum atomic E-state index is -2.96. The Morgan fingerprint density at radius 2 is 1.91 bits per heavy atom. The number of ether oxygens (including phenoxy) is 1. The van der Waals surface area contributed by atoms with Gasteiger partial charge >= 0.3 is 0 Å². The topological polar surface area (TPSA) is 99.7 Å². The molecule has 2 N–H and O–H groups in total. The maximum Gasteiger partial charge on any atom is 0.153 e. The molecule has 1 aromatic heterocycles. The van der Waals surface area contributed by atoms with Crippen molar-refractivity contribution in [2.24, 2.45) is 0 Å². The van der Waals surface area contributed by atoms with Gasteiger partial charge in [-0.1, -0.05) is 6.07 Å². The lowest BCUT2D eigenvalue weighted by Crippen LogP contribution is -2.63. The second-order valence-electron chi connectivity index (χ2n) is 9.25. The molecule has 3 fully saturated rings. The van der Waals surface area contributed by atoms with Crippen LogP contribution in [0.2, 0.25) is 0 Å². The molecule has 0 unspecified atom stereocenters. The number of nitrogens with zero attached hydrogens (tertiary/aromatic N) is 4. The fourth-order valence-corrected chi connectivity index (χ4v) is 6.19. The monoisotopic (exact) mass is 456 g/mol. The summed E-state index contributed by atoms with van der Waals surface area (Å²) in [4.78, 5) is 13.6. The zero-order valence-corrected chi connectivity index (χ0v) is 19.0. The van der Waals surface area contributed by atoms with Crippen molar-refractivity contribution < 1.29 is 13.2 Å². The summed E-state index contributed by atoms with van der Waals surface area (Å²) in [6.45, 7) is 7.74. The Morgan fingerprint density at radius 1 is 1.12 bits per heavy atom. The third kappa shape index (κ3) is 3.50. The number of rotatable bonds is 3. The third-order valence-corrected chi connectivity index (χ3v) is 8.74. The van der Waals surface area contributed by atoms with E-state index in [1.165, 1.54) is 5.56 Å². The third-order valence-electron chi connectivity index (χ3n) is 7.13. The molecule has 4 aliphatic rings. The smallest absolute Gasteiger partial charge is 0.153 e. The van der Waals surface area contributed by atoms with Crippen LogP contribution in [0.3, 0.4) is 0 Å². The predicted molar refractivity (Wildman–Crippen MR) is 123 cm³/mol. The molecule has 0 radical (unpaired) electrons. The number of nitrogens with one attached hydrogen (secondary N) is 2. The average Bonchev–Trinajstić information content (AvgIpc) is 2.88. The molecule has 4 aliphatic heterocycles. The molecule has 6 rings (SSSR count). The zero-order valence-electron chi connectivity index (χ0n) is 18.2. The van der Waals surface area contributed by atoms with E-state index >= 15 is 0 Å². The average molecular weight is 457 g/mol. The van der Waals surface area contributed by atoms with E-state index < -0.39 is 9.84 Å². The molecule has 2 aromatic rings. The van der Waals surface area contributed by atoms with E-state index in [1.807, 2.05) is 4.90 Å². The first kappa shape index (κ1) is 20.2. The summed E-state index contributed by atoms with van der Waals surface area (Å²) in [5.74, 6) is 3.18. The number of sulfone groups is 1. The summed E-state index contributed by atoms with van der Waals surface area (Å²) in [5.41, 5.74) is 4.25.